The van der Waals surface area contributed by atoms with Crippen LogP contribution in [-0.2, 0) is 0 Å². The number of nitrogens with one attached hydrogen (secondary N) is 2. The number of benzene rings is 1. The maximum Gasteiger partial charge on any atom is 0.319 e. The van der Waals surface area contributed by atoms with Crippen LogP contribution in [0.1, 0.15) is 30.9 Å². The summed E-state index contributed by atoms with van der Waals surface area (Å²) in [4.78, 5) is 18.5. The zero-order chi connectivity index (χ0) is 22.6. The van der Waals surface area contributed by atoms with Gasteiger partial charge in [-0.05, 0) is 37.1 Å². The predicted octanol–water partition coefficient (Wildman–Crippen LogP) is 4.53. The number of halogens is 5. The number of urea groups is 1. The standard InChI is InChI=1S/C20H17ClF4N6O/c21-17-16(28-19(32)26-14-9-20(14,24)25)18-27-15(5-7-31(18)29-17)30-6-1-2-13(30)11-8-10(22)3-4-12(11)23/h3-5,7-8,13-14H,1-2,6,9H2,(H2,26,28,32)/t13-,14?/m1/s1. The lowest BCUT2D eigenvalue weighted by Gasteiger charge is -2.26. The van der Waals surface area contributed by atoms with Crippen molar-refractivity contribution in [3.63, 3.8) is 0 Å². The van der Waals surface area contributed by atoms with Crippen LogP contribution in [0.4, 0.5) is 33.9 Å². The SMILES string of the molecule is O=C(Nc1c(Cl)nn2ccc(N3CCC[C@@H]3c3cc(F)ccc3F)nc12)NC1CC1(F)F. The zero-order valence-electron chi connectivity index (χ0n) is 16.5. The summed E-state index contributed by atoms with van der Waals surface area (Å²) in [7, 11) is 0. The summed E-state index contributed by atoms with van der Waals surface area (Å²) in [6, 6.07) is 2.50. The summed E-state index contributed by atoms with van der Waals surface area (Å²) in [5.74, 6) is -3.49. The molecule has 2 aromatic heterocycles. The number of alkyl halides is 2. The second kappa shape index (κ2) is 7.51. The van der Waals surface area contributed by atoms with Gasteiger partial charge < -0.3 is 15.5 Å². The van der Waals surface area contributed by atoms with E-state index in [9.17, 15) is 22.4 Å². The van der Waals surface area contributed by atoms with Crippen LogP contribution in [0.25, 0.3) is 5.65 Å². The Labute approximate surface area is 184 Å². The van der Waals surface area contributed by atoms with Crippen molar-refractivity contribution in [2.24, 2.45) is 0 Å². The average Bonchev–Trinajstić information content (AvgIpc) is 3.09. The van der Waals surface area contributed by atoms with Gasteiger partial charge in [-0.25, -0.2) is 31.9 Å². The monoisotopic (exact) mass is 468 g/mol. The molecule has 2 N–H and O–H groups in total. The van der Waals surface area contributed by atoms with Crippen LogP contribution in [0.3, 0.4) is 0 Å². The Hall–Kier alpha value is -3.08. The van der Waals surface area contributed by atoms with Crippen molar-refractivity contribution in [2.75, 3.05) is 16.8 Å². The second-order valence-corrected chi connectivity index (χ2v) is 8.21. The number of anilines is 2. The highest BCUT2D eigenvalue weighted by Crippen LogP contribution is 2.42. The molecule has 12 heteroatoms. The number of hydrogen-bond donors (Lipinski definition) is 2. The maximum atomic E-state index is 14.4. The normalized spacial score (nSPS) is 21.7. The Morgan fingerprint density at radius 3 is 2.78 bits per heavy atom. The molecule has 1 aliphatic carbocycles. The van der Waals surface area contributed by atoms with Crippen molar-refractivity contribution in [2.45, 2.75) is 37.3 Å². The summed E-state index contributed by atoms with van der Waals surface area (Å²) < 4.78 is 55.6. The first kappa shape index (κ1) is 20.8. The van der Waals surface area contributed by atoms with E-state index in [1.807, 2.05) is 4.90 Å². The molecule has 32 heavy (non-hydrogen) atoms. The molecular formula is C20H17ClF4N6O. The first-order valence-electron chi connectivity index (χ1n) is 9.95. The highest BCUT2D eigenvalue weighted by molar-refractivity contribution is 6.33. The number of carbonyl (C=O) groups excluding carboxylic acids is 1. The van der Waals surface area contributed by atoms with Crippen LogP contribution >= 0.6 is 11.6 Å². The Balaban J connectivity index is 1.44. The molecule has 7 nitrogen and oxygen atoms in total. The molecule has 2 fully saturated rings. The summed E-state index contributed by atoms with van der Waals surface area (Å²) in [6.07, 6.45) is 2.50. The molecule has 2 aliphatic rings. The van der Waals surface area contributed by atoms with Crippen molar-refractivity contribution in [1.82, 2.24) is 19.9 Å². The van der Waals surface area contributed by atoms with E-state index < -0.39 is 42.1 Å². The van der Waals surface area contributed by atoms with Crippen molar-refractivity contribution < 1.29 is 22.4 Å². The molecule has 3 heterocycles. The van der Waals surface area contributed by atoms with Crippen molar-refractivity contribution in [3.05, 3.63) is 52.8 Å². The predicted molar refractivity (Wildman–Crippen MR) is 109 cm³/mol. The molecule has 1 aromatic carbocycles. The molecule has 2 atom stereocenters. The highest BCUT2D eigenvalue weighted by atomic mass is 35.5. The smallest absolute Gasteiger partial charge is 0.319 e. The lowest BCUT2D eigenvalue weighted by atomic mass is 10.0. The van der Waals surface area contributed by atoms with Gasteiger partial charge in [-0.2, -0.15) is 5.10 Å². The van der Waals surface area contributed by atoms with Gasteiger partial charge in [-0.15, -0.1) is 0 Å². The lowest BCUT2D eigenvalue weighted by molar-refractivity contribution is 0.108. The minimum atomic E-state index is -2.91. The summed E-state index contributed by atoms with van der Waals surface area (Å²) in [5, 5.41) is 8.60. The lowest BCUT2D eigenvalue weighted by Crippen LogP contribution is -2.33. The largest absolute Gasteiger partial charge is 0.349 e. The minimum Gasteiger partial charge on any atom is -0.349 e. The number of aromatic nitrogens is 3. The van der Waals surface area contributed by atoms with E-state index in [-0.39, 0.29) is 22.1 Å². The van der Waals surface area contributed by atoms with Gasteiger partial charge >= 0.3 is 6.03 Å². The molecule has 0 radical (unpaired) electrons. The van der Waals surface area contributed by atoms with E-state index in [1.54, 1.807) is 12.3 Å². The Bertz CT molecular complexity index is 1220. The zero-order valence-corrected chi connectivity index (χ0v) is 17.2. The Morgan fingerprint density at radius 2 is 2.03 bits per heavy atom. The van der Waals surface area contributed by atoms with Gasteiger partial charge in [0, 0.05) is 24.7 Å². The molecule has 5 rings (SSSR count). The summed E-state index contributed by atoms with van der Waals surface area (Å²) >= 11 is 6.13. The van der Waals surface area contributed by atoms with E-state index in [0.717, 1.165) is 18.6 Å². The first-order valence-corrected chi connectivity index (χ1v) is 10.3. The van der Waals surface area contributed by atoms with E-state index >= 15 is 0 Å². The Kier molecular flexibility index (Phi) is 4.88. The first-order chi connectivity index (χ1) is 15.2. The van der Waals surface area contributed by atoms with Gasteiger partial charge in [0.25, 0.3) is 5.92 Å². The van der Waals surface area contributed by atoms with Crippen LogP contribution in [0.2, 0.25) is 5.15 Å². The van der Waals surface area contributed by atoms with Crippen LogP contribution in [0.15, 0.2) is 30.5 Å². The number of rotatable bonds is 4. The van der Waals surface area contributed by atoms with Crippen molar-refractivity contribution >= 4 is 34.8 Å². The molecule has 1 saturated heterocycles. The van der Waals surface area contributed by atoms with Gasteiger partial charge in [-0.1, -0.05) is 11.6 Å². The van der Waals surface area contributed by atoms with E-state index in [2.05, 4.69) is 20.7 Å². The minimum absolute atomic E-state index is 0.0580. The maximum absolute atomic E-state index is 14.4. The quantitative estimate of drug-likeness (QED) is 0.552. The van der Waals surface area contributed by atoms with Gasteiger partial charge in [0.2, 0.25) is 0 Å². The third kappa shape index (κ3) is 3.70. The topological polar surface area (TPSA) is 74.6 Å². The van der Waals surface area contributed by atoms with Gasteiger partial charge in [0.05, 0.1) is 6.04 Å². The second-order valence-electron chi connectivity index (χ2n) is 7.85. The molecule has 168 valence electrons. The van der Waals surface area contributed by atoms with E-state index in [0.29, 0.717) is 18.8 Å². The number of amides is 2. The van der Waals surface area contributed by atoms with E-state index in [1.165, 1.54) is 10.6 Å². The Morgan fingerprint density at radius 1 is 1.25 bits per heavy atom. The van der Waals surface area contributed by atoms with Crippen molar-refractivity contribution in [1.29, 1.82) is 0 Å². The van der Waals surface area contributed by atoms with Gasteiger partial charge in [0.1, 0.15) is 29.2 Å². The summed E-state index contributed by atoms with van der Waals surface area (Å²) in [5.41, 5.74) is 0.483. The molecule has 1 unspecified atom stereocenters. The number of nitrogens with zero attached hydrogens (tertiary/aromatic N) is 4. The summed E-state index contributed by atoms with van der Waals surface area (Å²) in [6.45, 7) is 0.561. The third-order valence-corrected chi connectivity index (χ3v) is 5.93. The van der Waals surface area contributed by atoms with Crippen molar-refractivity contribution in [3.8, 4) is 0 Å². The van der Waals surface area contributed by atoms with Crippen LogP contribution < -0.4 is 15.5 Å². The molecular weight excluding hydrogens is 452 g/mol. The van der Waals surface area contributed by atoms with E-state index in [4.69, 9.17) is 11.6 Å². The fraction of sp³-hybridized carbons (Fsp3) is 0.350. The van der Waals surface area contributed by atoms with Crippen LogP contribution in [0.5, 0.6) is 0 Å². The molecule has 1 saturated carbocycles. The van der Waals surface area contributed by atoms with Gasteiger partial charge in [-0.3, -0.25) is 0 Å². The molecule has 3 aromatic rings. The third-order valence-electron chi connectivity index (χ3n) is 5.66. The fourth-order valence-electron chi connectivity index (χ4n) is 3.97. The molecule has 2 amide bonds. The van der Waals surface area contributed by atoms with Gasteiger partial charge in [0.15, 0.2) is 10.8 Å². The fourth-order valence-corrected chi connectivity index (χ4v) is 4.19. The number of carbonyl (C=O) groups is 1. The molecule has 0 spiro atoms. The molecule has 1 aliphatic heterocycles. The van der Waals surface area contributed by atoms with Crippen LogP contribution in [-0.4, -0.2) is 39.1 Å². The highest BCUT2D eigenvalue weighted by Gasteiger charge is 2.58. The number of fused-ring (bicyclic) bond motifs is 1. The average molecular weight is 469 g/mol. The molecule has 0 bridgehead atoms. The number of hydrogen-bond acceptors (Lipinski definition) is 4. The van der Waals surface area contributed by atoms with Crippen LogP contribution in [0, 0.1) is 11.6 Å².